The van der Waals surface area contributed by atoms with Gasteiger partial charge < -0.3 is 15.1 Å². The van der Waals surface area contributed by atoms with Crippen LogP contribution < -0.4 is 5.32 Å². The Hall–Kier alpha value is -3.22. The van der Waals surface area contributed by atoms with Gasteiger partial charge in [0.15, 0.2) is 0 Å². The smallest absolute Gasteiger partial charge is 0.222 e. The van der Waals surface area contributed by atoms with Crippen molar-refractivity contribution < 1.29 is 14.4 Å². The number of hydrogen-bond acceptors (Lipinski definition) is 4. The first kappa shape index (κ1) is 22.5. The summed E-state index contributed by atoms with van der Waals surface area (Å²) in [5, 5.41) is 2.92. The number of hydrogen-bond donors (Lipinski definition) is 1. The van der Waals surface area contributed by atoms with E-state index in [9.17, 15) is 14.4 Å². The van der Waals surface area contributed by atoms with Crippen molar-refractivity contribution in [3.05, 3.63) is 66.0 Å². The van der Waals surface area contributed by atoms with Crippen LogP contribution in [0.3, 0.4) is 0 Å². The van der Waals surface area contributed by atoms with Gasteiger partial charge in [-0.15, -0.1) is 0 Å². The molecule has 0 radical (unpaired) electrons. The number of carbonyl (C=O) groups is 3. The van der Waals surface area contributed by atoms with Gasteiger partial charge in [0, 0.05) is 51.9 Å². The first-order valence-electron chi connectivity index (χ1n) is 10.8. The molecule has 1 aliphatic rings. The number of carbonyl (C=O) groups excluding carboxylic acids is 3. The van der Waals surface area contributed by atoms with Crippen LogP contribution in [0.4, 0.5) is 0 Å². The Morgan fingerprint density at radius 2 is 1.81 bits per heavy atom. The third-order valence-electron chi connectivity index (χ3n) is 5.60. The second-order valence-electron chi connectivity index (χ2n) is 7.78. The summed E-state index contributed by atoms with van der Waals surface area (Å²) in [6.45, 7) is 3.45. The molecule has 31 heavy (non-hydrogen) atoms. The molecule has 7 nitrogen and oxygen atoms in total. The number of amides is 3. The van der Waals surface area contributed by atoms with E-state index in [1.807, 2.05) is 42.5 Å². The van der Waals surface area contributed by atoms with Gasteiger partial charge >= 0.3 is 0 Å². The van der Waals surface area contributed by atoms with Gasteiger partial charge in [-0.1, -0.05) is 30.3 Å². The summed E-state index contributed by atoms with van der Waals surface area (Å²) in [6.07, 6.45) is 5.38. The van der Waals surface area contributed by atoms with Crippen molar-refractivity contribution in [1.29, 1.82) is 0 Å². The zero-order valence-electron chi connectivity index (χ0n) is 18.0. The van der Waals surface area contributed by atoms with Crippen LogP contribution in [0.1, 0.15) is 43.4 Å². The molecular weight excluding hydrogens is 392 g/mol. The summed E-state index contributed by atoms with van der Waals surface area (Å²) >= 11 is 0. The van der Waals surface area contributed by atoms with Crippen molar-refractivity contribution in [2.75, 3.05) is 26.2 Å². The Morgan fingerprint density at radius 3 is 2.52 bits per heavy atom. The van der Waals surface area contributed by atoms with Crippen LogP contribution in [-0.2, 0) is 20.8 Å². The molecule has 7 heteroatoms. The molecule has 1 N–H and O–H groups in total. The Morgan fingerprint density at radius 1 is 1.06 bits per heavy atom. The molecule has 1 aliphatic heterocycles. The molecule has 2 aromatic rings. The summed E-state index contributed by atoms with van der Waals surface area (Å²) in [6, 6.07) is 13.2. The first-order valence-corrected chi connectivity index (χ1v) is 10.8. The van der Waals surface area contributed by atoms with Crippen LogP contribution in [0.2, 0.25) is 0 Å². The van der Waals surface area contributed by atoms with Gasteiger partial charge in [-0.25, -0.2) is 0 Å². The second-order valence-corrected chi connectivity index (χ2v) is 7.78. The fourth-order valence-electron chi connectivity index (χ4n) is 3.95. The van der Waals surface area contributed by atoms with Crippen LogP contribution in [0.5, 0.6) is 0 Å². The molecule has 1 saturated heterocycles. The SMILES string of the molecule is CC(=O)N1CCCN(C(=O)CCc2ccncc2)CCNC(=O)CC1c1ccccc1. The summed E-state index contributed by atoms with van der Waals surface area (Å²) in [5.41, 5.74) is 2.01. The molecule has 1 aromatic carbocycles. The van der Waals surface area contributed by atoms with Crippen LogP contribution >= 0.6 is 0 Å². The van der Waals surface area contributed by atoms with E-state index in [4.69, 9.17) is 0 Å². The van der Waals surface area contributed by atoms with Crippen molar-refractivity contribution >= 4 is 17.7 Å². The maximum atomic E-state index is 12.8. The lowest BCUT2D eigenvalue weighted by molar-refractivity contribution is -0.132. The predicted molar refractivity (Wildman–Crippen MR) is 118 cm³/mol. The van der Waals surface area contributed by atoms with E-state index in [1.165, 1.54) is 6.92 Å². The predicted octanol–water partition coefficient (Wildman–Crippen LogP) is 2.34. The highest BCUT2D eigenvalue weighted by Crippen LogP contribution is 2.25. The normalized spacial score (nSPS) is 18.1. The van der Waals surface area contributed by atoms with Gasteiger partial charge in [0.1, 0.15) is 0 Å². The van der Waals surface area contributed by atoms with Crippen molar-refractivity contribution in [3.63, 3.8) is 0 Å². The van der Waals surface area contributed by atoms with Gasteiger partial charge in [0.25, 0.3) is 0 Å². The number of rotatable bonds is 4. The van der Waals surface area contributed by atoms with E-state index in [1.54, 1.807) is 22.2 Å². The quantitative estimate of drug-likeness (QED) is 0.820. The molecule has 0 saturated carbocycles. The van der Waals surface area contributed by atoms with Crippen molar-refractivity contribution in [3.8, 4) is 0 Å². The lowest BCUT2D eigenvalue weighted by Crippen LogP contribution is -2.39. The molecule has 164 valence electrons. The zero-order chi connectivity index (χ0) is 22.1. The average Bonchev–Trinajstić information content (AvgIpc) is 2.82. The van der Waals surface area contributed by atoms with E-state index in [2.05, 4.69) is 10.3 Å². The minimum Gasteiger partial charge on any atom is -0.354 e. The fourth-order valence-corrected chi connectivity index (χ4v) is 3.95. The Balaban J connectivity index is 1.68. The second kappa shape index (κ2) is 11.2. The Labute approximate surface area is 183 Å². The summed E-state index contributed by atoms with van der Waals surface area (Å²) in [4.78, 5) is 45.4. The van der Waals surface area contributed by atoms with Gasteiger partial charge in [-0.3, -0.25) is 19.4 Å². The number of pyridine rings is 1. The number of nitrogens with one attached hydrogen (secondary N) is 1. The Bertz CT molecular complexity index is 873. The highest BCUT2D eigenvalue weighted by molar-refractivity contribution is 5.79. The van der Waals surface area contributed by atoms with Crippen molar-refractivity contribution in [1.82, 2.24) is 20.1 Å². The molecule has 0 spiro atoms. The molecule has 3 rings (SSSR count). The third kappa shape index (κ3) is 6.64. The van der Waals surface area contributed by atoms with Crippen LogP contribution in [0, 0.1) is 0 Å². The monoisotopic (exact) mass is 422 g/mol. The zero-order valence-corrected chi connectivity index (χ0v) is 18.0. The van der Waals surface area contributed by atoms with Gasteiger partial charge in [0.05, 0.1) is 12.5 Å². The highest BCUT2D eigenvalue weighted by Gasteiger charge is 2.26. The van der Waals surface area contributed by atoms with E-state index in [0.717, 1.165) is 11.1 Å². The van der Waals surface area contributed by atoms with Gasteiger partial charge in [0.2, 0.25) is 17.7 Å². The molecule has 1 aromatic heterocycles. The van der Waals surface area contributed by atoms with Gasteiger partial charge in [-0.2, -0.15) is 0 Å². The number of aromatic nitrogens is 1. The van der Waals surface area contributed by atoms with E-state index in [-0.39, 0.29) is 30.2 Å². The largest absolute Gasteiger partial charge is 0.354 e. The molecule has 2 heterocycles. The Kier molecular flexibility index (Phi) is 8.15. The van der Waals surface area contributed by atoms with E-state index >= 15 is 0 Å². The van der Waals surface area contributed by atoms with Crippen molar-refractivity contribution in [2.24, 2.45) is 0 Å². The molecule has 0 bridgehead atoms. The number of nitrogens with zero attached hydrogens (tertiary/aromatic N) is 3. The average molecular weight is 423 g/mol. The van der Waals surface area contributed by atoms with Crippen molar-refractivity contribution in [2.45, 2.75) is 38.6 Å². The third-order valence-corrected chi connectivity index (χ3v) is 5.60. The maximum absolute atomic E-state index is 12.8. The molecule has 3 amide bonds. The molecular formula is C24H30N4O3. The molecule has 1 unspecified atom stereocenters. The lowest BCUT2D eigenvalue weighted by atomic mass is 10.0. The summed E-state index contributed by atoms with van der Waals surface area (Å²) in [5.74, 6) is -0.137. The van der Waals surface area contributed by atoms with Gasteiger partial charge in [-0.05, 0) is 36.1 Å². The standard InChI is InChI=1S/C24H30N4O3/c1-19(29)28-16-5-15-27(24(31)9-8-20-10-12-25-13-11-20)17-14-26-23(30)18-22(28)21-6-3-2-4-7-21/h2-4,6-7,10-13,22H,5,8-9,14-18H2,1H3,(H,26,30). The first-order chi connectivity index (χ1) is 15.0. The van der Waals surface area contributed by atoms with Crippen LogP contribution in [0.15, 0.2) is 54.9 Å². The topological polar surface area (TPSA) is 82.6 Å². The minimum absolute atomic E-state index is 0.0549. The van der Waals surface area contributed by atoms with Crippen LogP contribution in [0.25, 0.3) is 0 Å². The molecule has 1 atom stereocenters. The maximum Gasteiger partial charge on any atom is 0.222 e. The molecule has 0 aliphatic carbocycles. The van der Waals surface area contributed by atoms with E-state index in [0.29, 0.717) is 45.4 Å². The summed E-state index contributed by atoms with van der Waals surface area (Å²) in [7, 11) is 0. The lowest BCUT2D eigenvalue weighted by Gasteiger charge is -2.31. The summed E-state index contributed by atoms with van der Waals surface area (Å²) < 4.78 is 0. The highest BCUT2D eigenvalue weighted by atomic mass is 16.2. The molecule has 1 fully saturated rings. The number of aryl methyl sites for hydroxylation is 1. The van der Waals surface area contributed by atoms with Crippen LogP contribution in [-0.4, -0.2) is 58.7 Å². The number of benzene rings is 1. The fraction of sp³-hybridized carbons (Fsp3) is 0.417. The van der Waals surface area contributed by atoms with E-state index < -0.39 is 0 Å². The minimum atomic E-state index is -0.312.